The van der Waals surface area contributed by atoms with Gasteiger partial charge in [-0.15, -0.1) is 11.3 Å². The van der Waals surface area contributed by atoms with Crippen molar-refractivity contribution >= 4 is 40.8 Å². The average molecular weight is 312 g/mol. The molecule has 1 heterocycles. The Kier molecular flexibility index (Phi) is 5.97. The Morgan fingerprint density at radius 2 is 2.29 bits per heavy atom. The first kappa shape index (κ1) is 16.8. The smallest absolute Gasteiger partial charge is 0.347 e. The van der Waals surface area contributed by atoms with Crippen molar-refractivity contribution in [1.82, 2.24) is 4.98 Å². The van der Waals surface area contributed by atoms with Crippen LogP contribution in [-0.2, 0) is 24.0 Å². The highest BCUT2D eigenvalue weighted by Crippen LogP contribution is 2.15. The van der Waals surface area contributed by atoms with Crippen molar-refractivity contribution in [2.24, 2.45) is 5.16 Å². The van der Waals surface area contributed by atoms with Crippen molar-refractivity contribution in [3.8, 4) is 0 Å². The van der Waals surface area contributed by atoms with Crippen molar-refractivity contribution in [2.75, 3.05) is 11.9 Å². The minimum Gasteiger partial charge on any atom is -0.457 e. The minimum absolute atomic E-state index is 0.184. The lowest BCUT2D eigenvalue weighted by Gasteiger charge is -2.18. The van der Waals surface area contributed by atoms with Gasteiger partial charge in [0.25, 0.3) is 6.29 Å². The second kappa shape index (κ2) is 7.48. The van der Waals surface area contributed by atoms with Crippen LogP contribution in [0.5, 0.6) is 0 Å². The molecule has 8 nitrogen and oxygen atoms in total. The van der Waals surface area contributed by atoms with E-state index in [2.05, 4.69) is 15.5 Å². The topological polar surface area (TPSA) is 107 Å². The maximum atomic E-state index is 11.4. The van der Waals surface area contributed by atoms with Crippen molar-refractivity contribution in [3.63, 3.8) is 0 Å². The number of amides is 1. The van der Waals surface area contributed by atoms with Crippen molar-refractivity contribution in [3.05, 3.63) is 11.1 Å². The number of oxime groups is 1. The van der Waals surface area contributed by atoms with Gasteiger partial charge in [-0.1, -0.05) is 5.16 Å². The van der Waals surface area contributed by atoms with Gasteiger partial charge in [0.05, 0.1) is 0 Å². The number of carbonyl (C=O) groups excluding carboxylic acids is 3. The number of hydrogen-bond donors (Lipinski definition) is 1. The van der Waals surface area contributed by atoms with E-state index in [4.69, 9.17) is 9.57 Å². The Labute approximate surface area is 125 Å². The van der Waals surface area contributed by atoms with E-state index in [1.165, 1.54) is 5.38 Å². The average Bonchev–Trinajstić information content (AvgIpc) is 2.81. The molecule has 0 spiro atoms. The molecule has 0 saturated carbocycles. The van der Waals surface area contributed by atoms with Gasteiger partial charge in [-0.05, 0) is 20.8 Å². The molecule has 0 fully saturated rings. The first-order chi connectivity index (χ1) is 9.85. The number of carbonyl (C=O) groups is 2. The van der Waals surface area contributed by atoms with Gasteiger partial charge in [0, 0.05) is 5.38 Å². The van der Waals surface area contributed by atoms with Crippen LogP contribution in [0.1, 0.15) is 26.5 Å². The molecule has 113 valence electrons. The summed E-state index contributed by atoms with van der Waals surface area (Å²) in [6, 6.07) is 0. The van der Waals surface area contributed by atoms with Crippen LogP contribution >= 0.6 is 11.3 Å². The van der Waals surface area contributed by atoms with Crippen LogP contribution in [0, 0.1) is 0 Å². The molecular weight excluding hydrogens is 298 g/mol. The number of nitrogens with zero attached hydrogens (tertiary/aromatic N) is 2. The summed E-state index contributed by atoms with van der Waals surface area (Å²) in [7, 11) is 0. The third-order valence-electron chi connectivity index (χ3n) is 1.78. The van der Waals surface area contributed by atoms with Crippen molar-refractivity contribution in [2.45, 2.75) is 26.4 Å². The van der Waals surface area contributed by atoms with Crippen LogP contribution in [0.15, 0.2) is 10.5 Å². The van der Waals surface area contributed by atoms with E-state index >= 15 is 0 Å². The highest BCUT2D eigenvalue weighted by atomic mass is 32.1. The molecule has 1 N–H and O–H groups in total. The van der Waals surface area contributed by atoms with Gasteiger partial charge in [0.1, 0.15) is 11.3 Å². The third kappa shape index (κ3) is 6.13. The quantitative estimate of drug-likeness (QED) is 0.347. The molecule has 0 aromatic carbocycles. The predicted molar refractivity (Wildman–Crippen MR) is 75.8 cm³/mol. The van der Waals surface area contributed by atoms with Gasteiger partial charge >= 0.3 is 5.97 Å². The van der Waals surface area contributed by atoms with Crippen LogP contribution in [-0.4, -0.2) is 41.6 Å². The summed E-state index contributed by atoms with van der Waals surface area (Å²) in [5, 5.41) is 7.60. The highest BCUT2D eigenvalue weighted by Gasteiger charge is 2.17. The standard InChI is InChI=1S/C12H14N3O5S/c1-12(2,3)20-10(18)5-19-15-8(4-16)9-6-21-11(14-9)13-7-17/h6-7H,5H2,1-3H3,(H,13,14,17)/b15-8+. The minimum atomic E-state index is -0.631. The first-order valence-corrected chi connectivity index (χ1v) is 6.69. The molecule has 1 amide bonds. The van der Waals surface area contributed by atoms with E-state index in [-0.39, 0.29) is 11.4 Å². The Balaban J connectivity index is 2.61. The molecule has 1 aromatic rings. The molecule has 1 aromatic heterocycles. The number of hydrogen-bond acceptors (Lipinski definition) is 8. The largest absolute Gasteiger partial charge is 0.457 e. The van der Waals surface area contributed by atoms with E-state index in [1.807, 2.05) is 0 Å². The van der Waals surface area contributed by atoms with E-state index in [0.29, 0.717) is 11.5 Å². The maximum Gasteiger partial charge on any atom is 0.347 e. The van der Waals surface area contributed by atoms with Gasteiger partial charge in [0.15, 0.2) is 10.8 Å². The molecule has 0 aliphatic rings. The van der Waals surface area contributed by atoms with E-state index in [9.17, 15) is 14.4 Å². The maximum absolute atomic E-state index is 11.4. The SMILES string of the molecule is CC(C)(C)OC(=O)CO/N=C(\[C]=O)c1csc(NC=O)n1. The Morgan fingerprint density at radius 3 is 2.86 bits per heavy atom. The fourth-order valence-electron chi connectivity index (χ4n) is 1.14. The zero-order chi connectivity index (χ0) is 15.9. The predicted octanol–water partition coefficient (Wildman–Crippen LogP) is 0.883. The van der Waals surface area contributed by atoms with Crippen LogP contribution in [0.4, 0.5) is 5.13 Å². The van der Waals surface area contributed by atoms with E-state index < -0.39 is 18.2 Å². The summed E-state index contributed by atoms with van der Waals surface area (Å²) in [6.45, 7) is 4.72. The highest BCUT2D eigenvalue weighted by molar-refractivity contribution is 7.14. The number of thiazole rings is 1. The molecule has 0 aliphatic carbocycles. The molecule has 21 heavy (non-hydrogen) atoms. The van der Waals surface area contributed by atoms with Crippen LogP contribution in [0.2, 0.25) is 0 Å². The number of nitrogens with one attached hydrogen (secondary N) is 1. The molecule has 1 rings (SSSR count). The zero-order valence-electron chi connectivity index (χ0n) is 11.7. The fourth-order valence-corrected chi connectivity index (χ4v) is 1.79. The van der Waals surface area contributed by atoms with Crippen LogP contribution in [0.25, 0.3) is 0 Å². The van der Waals surface area contributed by atoms with Gasteiger partial charge < -0.3 is 14.9 Å². The van der Waals surface area contributed by atoms with Crippen LogP contribution in [0.3, 0.4) is 0 Å². The number of esters is 1. The molecule has 0 unspecified atom stereocenters. The lowest BCUT2D eigenvalue weighted by atomic mass is 10.2. The fraction of sp³-hybridized carbons (Fsp3) is 0.417. The van der Waals surface area contributed by atoms with Gasteiger partial charge in [-0.25, -0.2) is 9.78 Å². The number of anilines is 1. The lowest BCUT2D eigenvalue weighted by molar-refractivity contribution is -0.160. The van der Waals surface area contributed by atoms with Gasteiger partial charge in [-0.3, -0.25) is 9.59 Å². The van der Waals surface area contributed by atoms with Crippen molar-refractivity contribution < 1.29 is 24.0 Å². The van der Waals surface area contributed by atoms with Crippen LogP contribution < -0.4 is 5.32 Å². The second-order valence-corrected chi connectivity index (χ2v) is 5.56. The van der Waals surface area contributed by atoms with E-state index in [1.54, 1.807) is 27.1 Å². The lowest BCUT2D eigenvalue weighted by Crippen LogP contribution is -2.26. The first-order valence-electron chi connectivity index (χ1n) is 5.81. The summed E-state index contributed by atoms with van der Waals surface area (Å²) in [5.74, 6) is -0.613. The van der Waals surface area contributed by atoms with Gasteiger partial charge in [-0.2, -0.15) is 0 Å². The summed E-state index contributed by atoms with van der Waals surface area (Å²) in [5.41, 5.74) is -0.661. The molecule has 0 aliphatic heterocycles. The van der Waals surface area contributed by atoms with Gasteiger partial charge in [0.2, 0.25) is 13.0 Å². The summed E-state index contributed by atoms with van der Waals surface area (Å²) in [6.07, 6.45) is 2.01. The number of aromatic nitrogens is 1. The number of ether oxygens (including phenoxy) is 1. The zero-order valence-corrected chi connectivity index (χ0v) is 12.5. The normalized spacial score (nSPS) is 11.7. The third-order valence-corrected chi connectivity index (χ3v) is 2.56. The Hall–Kier alpha value is -2.29. The summed E-state index contributed by atoms with van der Waals surface area (Å²) >= 11 is 1.11. The van der Waals surface area contributed by atoms with Crippen molar-refractivity contribution in [1.29, 1.82) is 0 Å². The number of rotatable bonds is 7. The summed E-state index contributed by atoms with van der Waals surface area (Å²) in [4.78, 5) is 41.1. The molecule has 0 bridgehead atoms. The molecule has 9 heteroatoms. The van der Waals surface area contributed by atoms with E-state index in [0.717, 1.165) is 11.3 Å². The monoisotopic (exact) mass is 312 g/mol. The molecule has 0 saturated heterocycles. The molecule has 1 radical (unpaired) electrons. The second-order valence-electron chi connectivity index (χ2n) is 4.70. The summed E-state index contributed by atoms with van der Waals surface area (Å²) < 4.78 is 5.00. The Morgan fingerprint density at radius 1 is 1.57 bits per heavy atom. The molecular formula is C12H14N3O5S. The molecule has 0 atom stereocenters. The Bertz CT molecular complexity index is 547.